The van der Waals surface area contributed by atoms with E-state index in [-0.39, 0.29) is 29.7 Å². The normalized spacial score (nSPS) is 24.6. The molecule has 1 aliphatic heterocycles. The van der Waals surface area contributed by atoms with Crippen LogP contribution in [0.25, 0.3) is 0 Å². The molecule has 1 saturated heterocycles. The Morgan fingerprint density at radius 2 is 1.72 bits per heavy atom. The van der Waals surface area contributed by atoms with Crippen molar-refractivity contribution in [1.82, 2.24) is 10.2 Å². The van der Waals surface area contributed by atoms with Crippen molar-refractivity contribution in [2.75, 3.05) is 26.3 Å². The second kappa shape index (κ2) is 8.30. The first-order valence-corrected chi connectivity index (χ1v) is 9.03. The molecule has 134 valence electrons. The fraction of sp³-hybridized carbons (Fsp3) is 0.500. The molecular weight excluding hydrogens is 316 g/mol. The van der Waals surface area contributed by atoms with E-state index in [1.165, 1.54) is 0 Å². The van der Waals surface area contributed by atoms with Gasteiger partial charge in [0.25, 0.3) is 0 Å². The Kier molecular flexibility index (Phi) is 5.87. The van der Waals surface area contributed by atoms with E-state index in [2.05, 4.69) is 5.32 Å². The summed E-state index contributed by atoms with van der Waals surface area (Å²) in [5, 5.41) is 3.09. The number of carbonyl (C=O) groups excluding carboxylic acids is 2. The van der Waals surface area contributed by atoms with Gasteiger partial charge in [0.1, 0.15) is 0 Å². The maximum Gasteiger partial charge on any atom is 0.226 e. The lowest BCUT2D eigenvalue weighted by molar-refractivity contribution is -0.145. The van der Waals surface area contributed by atoms with Gasteiger partial charge in [-0.2, -0.15) is 0 Å². The molecule has 1 fully saturated rings. The molecule has 0 aromatic heterocycles. The molecule has 5 heteroatoms. The summed E-state index contributed by atoms with van der Waals surface area (Å²) in [5.74, 6) is -0.523. The smallest absolute Gasteiger partial charge is 0.226 e. The maximum atomic E-state index is 12.9. The zero-order chi connectivity index (χ0) is 17.6. The monoisotopic (exact) mass is 342 g/mol. The Balaban J connectivity index is 1.66. The third-order valence-electron chi connectivity index (χ3n) is 5.07. The molecule has 5 nitrogen and oxygen atoms in total. The van der Waals surface area contributed by atoms with Gasteiger partial charge in [-0.05, 0) is 25.3 Å². The van der Waals surface area contributed by atoms with Crippen molar-refractivity contribution in [2.45, 2.75) is 25.8 Å². The van der Waals surface area contributed by atoms with Gasteiger partial charge in [-0.25, -0.2) is 0 Å². The Labute approximate surface area is 149 Å². The summed E-state index contributed by atoms with van der Waals surface area (Å²) in [6.45, 7) is 4.37. The van der Waals surface area contributed by atoms with E-state index in [1.807, 2.05) is 54.3 Å². The molecule has 1 aromatic carbocycles. The standard InChI is InChI=1S/C20H26N2O3/c1-15(16-7-3-2-4-8-16)21-19(23)17-9-5-6-10-18(17)20(24)22-11-13-25-14-12-22/h2-8,15,17-18H,9-14H2,1H3,(H,21,23)/t15-,17-,18-/m1/s1. The van der Waals surface area contributed by atoms with Crippen molar-refractivity contribution in [3.63, 3.8) is 0 Å². The summed E-state index contributed by atoms with van der Waals surface area (Å²) in [6, 6.07) is 9.82. The molecule has 0 unspecified atom stereocenters. The van der Waals surface area contributed by atoms with Crippen LogP contribution >= 0.6 is 0 Å². The first kappa shape index (κ1) is 17.7. The highest BCUT2D eigenvalue weighted by Gasteiger charge is 2.37. The van der Waals surface area contributed by atoms with Crippen LogP contribution in [0.5, 0.6) is 0 Å². The van der Waals surface area contributed by atoms with Crippen LogP contribution in [-0.2, 0) is 14.3 Å². The number of hydrogen-bond donors (Lipinski definition) is 1. The minimum absolute atomic E-state index is 0.0349. The van der Waals surface area contributed by atoms with E-state index in [9.17, 15) is 9.59 Å². The van der Waals surface area contributed by atoms with Crippen LogP contribution in [0.1, 0.15) is 31.4 Å². The van der Waals surface area contributed by atoms with Crippen LogP contribution in [0.2, 0.25) is 0 Å². The van der Waals surface area contributed by atoms with Gasteiger partial charge in [0, 0.05) is 13.1 Å². The van der Waals surface area contributed by atoms with Crippen LogP contribution in [0, 0.1) is 11.8 Å². The van der Waals surface area contributed by atoms with Gasteiger partial charge in [0.15, 0.2) is 0 Å². The number of morpholine rings is 1. The molecule has 1 N–H and O–H groups in total. The zero-order valence-corrected chi connectivity index (χ0v) is 14.7. The fourth-order valence-corrected chi connectivity index (χ4v) is 3.54. The molecule has 0 radical (unpaired) electrons. The lowest BCUT2D eigenvalue weighted by Gasteiger charge is -2.34. The molecule has 2 aliphatic rings. The quantitative estimate of drug-likeness (QED) is 0.854. The van der Waals surface area contributed by atoms with E-state index in [1.54, 1.807) is 0 Å². The number of benzene rings is 1. The number of amides is 2. The summed E-state index contributed by atoms with van der Waals surface area (Å²) >= 11 is 0. The van der Waals surface area contributed by atoms with Crippen molar-refractivity contribution in [3.05, 3.63) is 48.0 Å². The predicted octanol–water partition coefficient (Wildman–Crippen LogP) is 2.30. The van der Waals surface area contributed by atoms with Crippen molar-refractivity contribution in [2.24, 2.45) is 11.8 Å². The van der Waals surface area contributed by atoms with E-state index in [0.717, 1.165) is 5.56 Å². The Morgan fingerprint density at radius 1 is 1.08 bits per heavy atom. The van der Waals surface area contributed by atoms with Crippen LogP contribution in [0.4, 0.5) is 0 Å². The van der Waals surface area contributed by atoms with Gasteiger partial charge in [-0.1, -0.05) is 42.5 Å². The largest absolute Gasteiger partial charge is 0.378 e. The second-order valence-corrected chi connectivity index (χ2v) is 6.73. The maximum absolute atomic E-state index is 12.9. The molecule has 3 rings (SSSR count). The number of allylic oxidation sites excluding steroid dienone is 2. The van der Waals surface area contributed by atoms with Crippen LogP contribution in [0.3, 0.4) is 0 Å². The number of carbonyl (C=O) groups is 2. The van der Waals surface area contributed by atoms with Crippen LogP contribution in [0.15, 0.2) is 42.5 Å². The van der Waals surface area contributed by atoms with E-state index in [4.69, 9.17) is 4.74 Å². The Hall–Kier alpha value is -2.14. The highest BCUT2D eigenvalue weighted by atomic mass is 16.5. The van der Waals surface area contributed by atoms with Crippen LogP contribution in [-0.4, -0.2) is 43.0 Å². The number of hydrogen-bond acceptors (Lipinski definition) is 3. The number of nitrogens with zero attached hydrogens (tertiary/aromatic N) is 1. The summed E-state index contributed by atoms with van der Waals surface area (Å²) in [5.41, 5.74) is 1.07. The minimum atomic E-state index is -0.300. The minimum Gasteiger partial charge on any atom is -0.378 e. The van der Waals surface area contributed by atoms with E-state index < -0.39 is 0 Å². The van der Waals surface area contributed by atoms with Gasteiger partial charge in [0.05, 0.1) is 31.1 Å². The zero-order valence-electron chi connectivity index (χ0n) is 14.7. The topological polar surface area (TPSA) is 58.6 Å². The molecule has 0 bridgehead atoms. The Morgan fingerprint density at radius 3 is 2.40 bits per heavy atom. The molecule has 0 saturated carbocycles. The van der Waals surface area contributed by atoms with Gasteiger partial charge in [0.2, 0.25) is 11.8 Å². The van der Waals surface area contributed by atoms with Gasteiger partial charge >= 0.3 is 0 Å². The van der Waals surface area contributed by atoms with Crippen molar-refractivity contribution >= 4 is 11.8 Å². The summed E-state index contributed by atoms with van der Waals surface area (Å²) in [6.07, 6.45) is 5.29. The molecule has 2 amide bonds. The lowest BCUT2D eigenvalue weighted by Crippen LogP contribution is -2.48. The van der Waals surface area contributed by atoms with Gasteiger partial charge in [-0.15, -0.1) is 0 Å². The van der Waals surface area contributed by atoms with E-state index in [0.29, 0.717) is 39.1 Å². The first-order chi connectivity index (χ1) is 12.2. The van der Waals surface area contributed by atoms with Gasteiger partial charge < -0.3 is 15.0 Å². The van der Waals surface area contributed by atoms with Crippen molar-refractivity contribution < 1.29 is 14.3 Å². The predicted molar refractivity (Wildman–Crippen MR) is 95.8 cm³/mol. The molecular formula is C20H26N2O3. The third kappa shape index (κ3) is 4.28. The molecule has 1 aromatic rings. The number of ether oxygens (including phenoxy) is 1. The summed E-state index contributed by atoms with van der Waals surface area (Å²) in [7, 11) is 0. The molecule has 1 aliphatic carbocycles. The first-order valence-electron chi connectivity index (χ1n) is 9.03. The van der Waals surface area contributed by atoms with Gasteiger partial charge in [-0.3, -0.25) is 9.59 Å². The van der Waals surface area contributed by atoms with Crippen LogP contribution < -0.4 is 5.32 Å². The third-order valence-corrected chi connectivity index (χ3v) is 5.07. The number of nitrogens with one attached hydrogen (secondary N) is 1. The summed E-state index contributed by atoms with van der Waals surface area (Å²) < 4.78 is 5.33. The SMILES string of the molecule is C[C@@H](NC(=O)[C@@H]1CC=CC[C@H]1C(=O)N1CCOCC1)c1ccccc1. The average Bonchev–Trinajstić information content (AvgIpc) is 2.68. The molecule has 1 heterocycles. The highest BCUT2D eigenvalue weighted by Crippen LogP contribution is 2.29. The lowest BCUT2D eigenvalue weighted by atomic mass is 9.81. The second-order valence-electron chi connectivity index (χ2n) is 6.73. The molecule has 25 heavy (non-hydrogen) atoms. The molecule has 0 spiro atoms. The number of rotatable bonds is 4. The van der Waals surface area contributed by atoms with E-state index >= 15 is 0 Å². The molecule has 3 atom stereocenters. The van der Waals surface area contributed by atoms with Crippen molar-refractivity contribution in [1.29, 1.82) is 0 Å². The average molecular weight is 342 g/mol. The summed E-state index contributed by atoms with van der Waals surface area (Å²) in [4.78, 5) is 27.6. The Bertz CT molecular complexity index is 623. The van der Waals surface area contributed by atoms with Crippen molar-refractivity contribution in [3.8, 4) is 0 Å². The highest BCUT2D eigenvalue weighted by molar-refractivity contribution is 5.88. The fourth-order valence-electron chi connectivity index (χ4n) is 3.54.